The molecule has 0 saturated carbocycles. The van der Waals surface area contributed by atoms with Crippen LogP contribution in [-0.4, -0.2) is 44.1 Å². The Morgan fingerprint density at radius 1 is 1.10 bits per heavy atom. The van der Waals surface area contributed by atoms with Gasteiger partial charge in [-0.1, -0.05) is 0 Å². The first-order chi connectivity index (χ1) is 14.2. The van der Waals surface area contributed by atoms with E-state index in [-0.39, 0.29) is 0 Å². The van der Waals surface area contributed by atoms with Gasteiger partial charge in [0.15, 0.2) is 5.65 Å². The molecule has 0 unspecified atom stereocenters. The first kappa shape index (κ1) is 18.6. The number of nitrogens with zero attached hydrogens (tertiary/aromatic N) is 5. The number of hydrogen-bond acceptors (Lipinski definition) is 5. The Labute approximate surface area is 171 Å². The van der Waals surface area contributed by atoms with E-state index in [1.54, 1.807) is 0 Å². The van der Waals surface area contributed by atoms with Gasteiger partial charge in [-0.2, -0.15) is 14.7 Å². The maximum atomic E-state index is 5.54. The summed E-state index contributed by atoms with van der Waals surface area (Å²) in [6, 6.07) is 4.32. The van der Waals surface area contributed by atoms with Crippen LogP contribution in [0, 0.1) is 13.8 Å². The minimum absolute atomic E-state index is 0.477. The molecule has 1 N–H and O–H groups in total. The number of hydrogen-bond donors (Lipinski definition) is 1. The quantitative estimate of drug-likeness (QED) is 0.718. The smallest absolute Gasteiger partial charge is 0.157 e. The molecular formula is C22H30N6O. The molecule has 1 fully saturated rings. The monoisotopic (exact) mass is 394 g/mol. The van der Waals surface area contributed by atoms with Crippen LogP contribution in [-0.2, 0) is 24.1 Å². The molecule has 154 valence electrons. The Balaban J connectivity index is 1.46. The van der Waals surface area contributed by atoms with E-state index < -0.39 is 0 Å². The summed E-state index contributed by atoms with van der Waals surface area (Å²) in [4.78, 5) is 4.99. The van der Waals surface area contributed by atoms with Gasteiger partial charge in [-0.25, -0.2) is 4.98 Å². The zero-order valence-electron chi connectivity index (χ0n) is 17.4. The van der Waals surface area contributed by atoms with Gasteiger partial charge >= 0.3 is 0 Å². The van der Waals surface area contributed by atoms with Crippen molar-refractivity contribution < 1.29 is 4.74 Å². The van der Waals surface area contributed by atoms with Crippen LogP contribution in [0.2, 0.25) is 0 Å². The summed E-state index contributed by atoms with van der Waals surface area (Å²) in [6.45, 7) is 7.47. The Hall–Kier alpha value is -2.41. The van der Waals surface area contributed by atoms with Crippen molar-refractivity contribution >= 4 is 11.5 Å². The molecule has 5 rings (SSSR count). The molecule has 1 aliphatic carbocycles. The van der Waals surface area contributed by atoms with Crippen molar-refractivity contribution in [3.05, 3.63) is 40.5 Å². The lowest BCUT2D eigenvalue weighted by Gasteiger charge is -2.21. The highest BCUT2D eigenvalue weighted by Gasteiger charge is 2.23. The number of aromatic nitrogens is 5. The zero-order valence-corrected chi connectivity index (χ0v) is 17.4. The average Bonchev–Trinajstić information content (AvgIpc) is 3.30. The van der Waals surface area contributed by atoms with Gasteiger partial charge in [0.2, 0.25) is 0 Å². The molecule has 2 aliphatic rings. The zero-order chi connectivity index (χ0) is 19.8. The van der Waals surface area contributed by atoms with Crippen LogP contribution >= 0.6 is 0 Å². The summed E-state index contributed by atoms with van der Waals surface area (Å²) < 4.78 is 9.66. The molecule has 3 aromatic rings. The second-order valence-corrected chi connectivity index (χ2v) is 8.40. The summed E-state index contributed by atoms with van der Waals surface area (Å²) in [6.07, 6.45) is 6.68. The third-order valence-corrected chi connectivity index (χ3v) is 6.25. The van der Waals surface area contributed by atoms with E-state index in [9.17, 15) is 0 Å². The molecule has 7 heteroatoms. The van der Waals surface area contributed by atoms with Crippen LogP contribution in [0.3, 0.4) is 0 Å². The van der Waals surface area contributed by atoms with Crippen LogP contribution in [0.1, 0.15) is 59.9 Å². The van der Waals surface area contributed by atoms with Crippen LogP contribution in [0.5, 0.6) is 0 Å². The lowest BCUT2D eigenvalue weighted by molar-refractivity contribution is 0.0844. The van der Waals surface area contributed by atoms with Crippen molar-refractivity contribution in [2.24, 2.45) is 0 Å². The molecule has 0 atom stereocenters. The van der Waals surface area contributed by atoms with E-state index in [1.807, 2.05) is 6.92 Å². The molecule has 1 saturated heterocycles. The third-order valence-electron chi connectivity index (χ3n) is 6.25. The third kappa shape index (κ3) is 3.64. The molecule has 4 heterocycles. The SMILES string of the molecule is Cc1cc(C)n(CCNc2c3c(nc4cc(C5CCOCC5)nn24)CCCC3)n1. The molecular weight excluding hydrogens is 364 g/mol. The number of aryl methyl sites for hydroxylation is 3. The Bertz CT molecular complexity index is 1010. The van der Waals surface area contributed by atoms with Gasteiger partial charge in [0.05, 0.1) is 17.9 Å². The van der Waals surface area contributed by atoms with Gasteiger partial charge in [0.25, 0.3) is 0 Å². The highest BCUT2D eigenvalue weighted by molar-refractivity contribution is 5.57. The minimum Gasteiger partial charge on any atom is -0.381 e. The van der Waals surface area contributed by atoms with E-state index in [0.717, 1.165) is 74.8 Å². The maximum Gasteiger partial charge on any atom is 0.157 e. The number of fused-ring (bicyclic) bond motifs is 2. The molecule has 0 spiro atoms. The summed E-state index contributed by atoms with van der Waals surface area (Å²) in [5, 5.41) is 13.3. The van der Waals surface area contributed by atoms with Gasteiger partial charge in [0.1, 0.15) is 5.82 Å². The lowest BCUT2D eigenvalue weighted by atomic mass is 9.96. The van der Waals surface area contributed by atoms with Crippen molar-refractivity contribution in [3.63, 3.8) is 0 Å². The molecule has 29 heavy (non-hydrogen) atoms. The molecule has 0 radical (unpaired) electrons. The first-order valence-corrected chi connectivity index (χ1v) is 10.9. The van der Waals surface area contributed by atoms with Crippen molar-refractivity contribution in [1.29, 1.82) is 0 Å². The molecule has 0 bridgehead atoms. The van der Waals surface area contributed by atoms with E-state index in [2.05, 4.69) is 38.7 Å². The summed E-state index contributed by atoms with van der Waals surface area (Å²) in [7, 11) is 0. The minimum atomic E-state index is 0.477. The Kier molecular flexibility index (Phi) is 4.99. The van der Waals surface area contributed by atoms with Gasteiger partial charge < -0.3 is 10.1 Å². The predicted molar refractivity (Wildman–Crippen MR) is 113 cm³/mol. The second-order valence-electron chi connectivity index (χ2n) is 8.40. The summed E-state index contributed by atoms with van der Waals surface area (Å²) >= 11 is 0. The van der Waals surface area contributed by atoms with Gasteiger partial charge in [-0.05, 0) is 58.4 Å². The van der Waals surface area contributed by atoms with E-state index in [0.29, 0.717) is 5.92 Å². The van der Waals surface area contributed by atoms with Crippen LogP contribution < -0.4 is 5.32 Å². The molecule has 7 nitrogen and oxygen atoms in total. The normalized spacial score (nSPS) is 17.6. The maximum absolute atomic E-state index is 5.54. The van der Waals surface area contributed by atoms with Crippen LogP contribution in [0.25, 0.3) is 5.65 Å². The molecule has 0 amide bonds. The topological polar surface area (TPSA) is 69.3 Å². The standard InChI is InChI=1S/C22H30N6O/c1-15-13-16(2)27(25-15)10-9-23-22-18-5-3-4-6-19(18)24-21-14-20(26-28(21)22)17-7-11-29-12-8-17/h13-14,17,23H,3-12H2,1-2H3. The summed E-state index contributed by atoms with van der Waals surface area (Å²) in [5.74, 6) is 1.61. The second kappa shape index (κ2) is 7.78. The number of anilines is 1. The van der Waals surface area contributed by atoms with Crippen molar-refractivity contribution in [3.8, 4) is 0 Å². The van der Waals surface area contributed by atoms with Crippen molar-refractivity contribution in [2.45, 2.75) is 64.8 Å². The van der Waals surface area contributed by atoms with E-state index in [4.69, 9.17) is 14.8 Å². The van der Waals surface area contributed by atoms with Gasteiger partial charge in [-0.15, -0.1) is 0 Å². The van der Waals surface area contributed by atoms with E-state index >= 15 is 0 Å². The van der Waals surface area contributed by atoms with Gasteiger partial charge in [-0.3, -0.25) is 4.68 Å². The van der Waals surface area contributed by atoms with Gasteiger partial charge in [0, 0.05) is 48.7 Å². The Morgan fingerprint density at radius 2 is 1.93 bits per heavy atom. The fraction of sp³-hybridized carbons (Fsp3) is 0.591. The highest BCUT2D eigenvalue weighted by Crippen LogP contribution is 2.31. The highest BCUT2D eigenvalue weighted by atomic mass is 16.5. The number of rotatable bonds is 5. The van der Waals surface area contributed by atoms with E-state index in [1.165, 1.54) is 29.8 Å². The van der Waals surface area contributed by atoms with Crippen LogP contribution in [0.4, 0.5) is 5.82 Å². The molecule has 0 aromatic carbocycles. The fourth-order valence-corrected chi connectivity index (χ4v) is 4.72. The predicted octanol–water partition coefficient (Wildman–Crippen LogP) is 3.43. The van der Waals surface area contributed by atoms with Crippen molar-refractivity contribution in [1.82, 2.24) is 24.4 Å². The number of ether oxygens (including phenoxy) is 1. The first-order valence-electron chi connectivity index (χ1n) is 10.9. The number of nitrogens with one attached hydrogen (secondary N) is 1. The van der Waals surface area contributed by atoms with Crippen molar-refractivity contribution in [2.75, 3.05) is 25.1 Å². The van der Waals surface area contributed by atoms with Crippen LogP contribution in [0.15, 0.2) is 12.1 Å². The molecule has 1 aliphatic heterocycles. The fourth-order valence-electron chi connectivity index (χ4n) is 4.72. The molecule has 3 aromatic heterocycles. The Morgan fingerprint density at radius 3 is 2.72 bits per heavy atom. The largest absolute Gasteiger partial charge is 0.381 e. The summed E-state index contributed by atoms with van der Waals surface area (Å²) in [5.41, 5.74) is 6.99. The lowest BCUT2D eigenvalue weighted by Crippen LogP contribution is -2.19. The average molecular weight is 395 g/mol.